The summed E-state index contributed by atoms with van der Waals surface area (Å²) >= 11 is 0. The minimum atomic E-state index is -0.243. The predicted octanol–water partition coefficient (Wildman–Crippen LogP) is 2.89. The maximum Gasteiger partial charge on any atom is 0.234 e. The van der Waals surface area contributed by atoms with Crippen LogP contribution < -0.4 is 5.32 Å². The summed E-state index contributed by atoms with van der Waals surface area (Å²) in [5.74, 6) is 0.649. The third kappa shape index (κ3) is 4.77. The number of ether oxygens (including phenoxy) is 1. The Morgan fingerprint density at radius 1 is 1.25 bits per heavy atom. The van der Waals surface area contributed by atoms with Crippen LogP contribution in [0.4, 0.5) is 4.39 Å². The van der Waals surface area contributed by atoms with Crippen LogP contribution in [0.2, 0.25) is 0 Å². The van der Waals surface area contributed by atoms with E-state index < -0.39 is 0 Å². The van der Waals surface area contributed by atoms with Gasteiger partial charge in [0.15, 0.2) is 0 Å². The van der Waals surface area contributed by atoms with Crippen LogP contribution >= 0.6 is 0 Å². The fraction of sp³-hybridized carbons (Fsp3) is 0.632. The third-order valence-electron chi connectivity index (χ3n) is 5.14. The van der Waals surface area contributed by atoms with Crippen LogP contribution in [0.5, 0.6) is 0 Å². The maximum absolute atomic E-state index is 13.0. The highest BCUT2D eigenvalue weighted by atomic mass is 19.1. The highest BCUT2D eigenvalue weighted by Crippen LogP contribution is 2.24. The van der Waals surface area contributed by atoms with Crippen LogP contribution in [-0.4, -0.2) is 43.1 Å². The van der Waals surface area contributed by atoms with E-state index in [1.807, 2.05) is 0 Å². The first-order chi connectivity index (χ1) is 11.6. The van der Waals surface area contributed by atoms with Crippen LogP contribution in [-0.2, 0) is 9.53 Å². The predicted molar refractivity (Wildman–Crippen MR) is 91.1 cm³/mol. The van der Waals surface area contributed by atoms with Gasteiger partial charge in [-0.15, -0.1) is 0 Å². The minimum Gasteiger partial charge on any atom is -0.371 e. The Bertz CT molecular complexity index is 541. The number of carbonyl (C=O) groups is 1. The molecule has 1 aromatic rings. The molecule has 0 bridgehead atoms. The van der Waals surface area contributed by atoms with E-state index in [1.54, 1.807) is 12.1 Å². The Kier molecular flexibility index (Phi) is 5.85. The first-order valence-corrected chi connectivity index (χ1v) is 8.99. The molecule has 1 aliphatic heterocycles. The molecule has 1 amide bonds. The quantitative estimate of drug-likeness (QED) is 0.920. The van der Waals surface area contributed by atoms with Gasteiger partial charge in [-0.1, -0.05) is 19.1 Å². The molecular weight excluding hydrogens is 307 g/mol. The van der Waals surface area contributed by atoms with Crippen molar-refractivity contribution in [1.82, 2.24) is 10.2 Å². The Balaban J connectivity index is 1.48. The van der Waals surface area contributed by atoms with E-state index in [0.717, 1.165) is 30.9 Å². The van der Waals surface area contributed by atoms with Gasteiger partial charge < -0.3 is 10.1 Å². The summed E-state index contributed by atoms with van der Waals surface area (Å²) in [6, 6.07) is 6.75. The number of hydrogen-bond donors (Lipinski definition) is 1. The summed E-state index contributed by atoms with van der Waals surface area (Å²) in [4.78, 5) is 14.4. The molecule has 3 rings (SSSR count). The minimum absolute atomic E-state index is 0.0947. The molecule has 132 valence electrons. The van der Waals surface area contributed by atoms with E-state index in [-0.39, 0.29) is 17.8 Å². The van der Waals surface area contributed by atoms with E-state index in [1.165, 1.54) is 25.0 Å². The first kappa shape index (κ1) is 17.4. The number of amides is 1. The third-order valence-corrected chi connectivity index (χ3v) is 5.14. The second kappa shape index (κ2) is 8.08. The number of morpholine rings is 1. The molecule has 0 aromatic heterocycles. The van der Waals surface area contributed by atoms with Gasteiger partial charge in [-0.3, -0.25) is 9.69 Å². The van der Waals surface area contributed by atoms with Crippen molar-refractivity contribution < 1.29 is 13.9 Å². The number of halogens is 1. The van der Waals surface area contributed by atoms with Crippen LogP contribution in [0, 0.1) is 11.7 Å². The van der Waals surface area contributed by atoms with Crippen molar-refractivity contribution in [1.29, 1.82) is 0 Å². The largest absolute Gasteiger partial charge is 0.371 e. The molecule has 1 saturated carbocycles. The average Bonchev–Trinajstić information content (AvgIpc) is 2.58. The lowest BCUT2D eigenvalue weighted by molar-refractivity contribution is -0.125. The summed E-state index contributed by atoms with van der Waals surface area (Å²) < 4.78 is 18.8. The molecule has 1 N–H and O–H groups in total. The summed E-state index contributed by atoms with van der Waals surface area (Å²) in [6.07, 6.45) is 4.50. The molecule has 24 heavy (non-hydrogen) atoms. The van der Waals surface area contributed by atoms with Crippen LogP contribution in [0.25, 0.3) is 0 Å². The van der Waals surface area contributed by atoms with Crippen molar-refractivity contribution in [3.63, 3.8) is 0 Å². The highest BCUT2D eigenvalue weighted by molar-refractivity contribution is 5.78. The van der Waals surface area contributed by atoms with Gasteiger partial charge in [0, 0.05) is 19.1 Å². The lowest BCUT2D eigenvalue weighted by Crippen LogP contribution is -2.47. The van der Waals surface area contributed by atoms with Crippen molar-refractivity contribution in [2.45, 2.75) is 44.8 Å². The normalized spacial score (nSPS) is 28.5. The Labute approximate surface area is 143 Å². The molecule has 1 aromatic carbocycles. The van der Waals surface area contributed by atoms with Gasteiger partial charge in [0.05, 0.1) is 19.3 Å². The van der Waals surface area contributed by atoms with E-state index in [2.05, 4.69) is 17.1 Å². The summed E-state index contributed by atoms with van der Waals surface area (Å²) in [5.41, 5.74) is 0.961. The van der Waals surface area contributed by atoms with Crippen molar-refractivity contribution in [2.75, 3.05) is 26.2 Å². The van der Waals surface area contributed by atoms with Crippen molar-refractivity contribution in [3.8, 4) is 0 Å². The monoisotopic (exact) mass is 334 g/mol. The molecule has 5 heteroatoms. The van der Waals surface area contributed by atoms with Gasteiger partial charge in [-0.25, -0.2) is 4.39 Å². The average molecular weight is 334 g/mol. The molecule has 1 saturated heterocycles. The smallest absolute Gasteiger partial charge is 0.234 e. The Morgan fingerprint density at radius 2 is 1.96 bits per heavy atom. The Morgan fingerprint density at radius 3 is 2.67 bits per heavy atom. The van der Waals surface area contributed by atoms with Crippen molar-refractivity contribution in [3.05, 3.63) is 35.6 Å². The molecule has 0 radical (unpaired) electrons. The van der Waals surface area contributed by atoms with Gasteiger partial charge in [0.25, 0.3) is 0 Å². The van der Waals surface area contributed by atoms with Crippen molar-refractivity contribution in [2.24, 2.45) is 5.92 Å². The van der Waals surface area contributed by atoms with Gasteiger partial charge >= 0.3 is 0 Å². The standard InChI is InChI=1S/C19H27FN2O2/c1-14-2-8-17(9-3-14)21-19(23)13-22-10-11-24-18(12-22)15-4-6-16(20)7-5-15/h4-7,14,17-18H,2-3,8-13H2,1H3,(H,21,23). The van der Waals surface area contributed by atoms with Crippen LogP contribution in [0.15, 0.2) is 24.3 Å². The molecule has 1 heterocycles. The molecule has 1 aliphatic carbocycles. The molecule has 1 atom stereocenters. The van der Waals surface area contributed by atoms with E-state index in [0.29, 0.717) is 25.7 Å². The van der Waals surface area contributed by atoms with Crippen LogP contribution in [0.3, 0.4) is 0 Å². The molecular formula is C19H27FN2O2. The van der Waals surface area contributed by atoms with Crippen molar-refractivity contribution >= 4 is 5.91 Å². The number of hydrogen-bond acceptors (Lipinski definition) is 3. The molecule has 2 fully saturated rings. The highest BCUT2D eigenvalue weighted by Gasteiger charge is 2.25. The molecule has 4 nitrogen and oxygen atoms in total. The number of nitrogens with zero attached hydrogens (tertiary/aromatic N) is 1. The zero-order valence-electron chi connectivity index (χ0n) is 14.3. The molecule has 0 spiro atoms. The topological polar surface area (TPSA) is 41.6 Å². The number of carbonyl (C=O) groups excluding carboxylic acids is 1. The summed E-state index contributed by atoms with van der Waals surface area (Å²) in [5, 5.41) is 3.18. The maximum atomic E-state index is 13.0. The fourth-order valence-corrected chi connectivity index (χ4v) is 3.61. The van der Waals surface area contributed by atoms with Gasteiger partial charge in [-0.2, -0.15) is 0 Å². The van der Waals surface area contributed by atoms with Gasteiger partial charge in [-0.05, 0) is 49.3 Å². The zero-order valence-corrected chi connectivity index (χ0v) is 14.3. The second-order valence-electron chi connectivity index (χ2n) is 7.17. The lowest BCUT2D eigenvalue weighted by atomic mass is 9.87. The zero-order chi connectivity index (χ0) is 16.9. The van der Waals surface area contributed by atoms with E-state index >= 15 is 0 Å². The summed E-state index contributed by atoms with van der Waals surface area (Å²) in [7, 11) is 0. The SMILES string of the molecule is CC1CCC(NC(=O)CN2CCOC(c3ccc(F)cc3)C2)CC1. The van der Waals surface area contributed by atoms with Gasteiger partial charge in [0.1, 0.15) is 5.82 Å². The first-order valence-electron chi connectivity index (χ1n) is 8.99. The Hall–Kier alpha value is -1.46. The van der Waals surface area contributed by atoms with E-state index in [9.17, 15) is 9.18 Å². The molecule has 2 aliphatic rings. The summed E-state index contributed by atoms with van der Waals surface area (Å²) in [6.45, 7) is 4.71. The second-order valence-corrected chi connectivity index (χ2v) is 7.17. The van der Waals surface area contributed by atoms with Crippen LogP contribution in [0.1, 0.15) is 44.3 Å². The molecule has 1 unspecified atom stereocenters. The lowest BCUT2D eigenvalue weighted by Gasteiger charge is -2.33. The number of rotatable bonds is 4. The number of benzene rings is 1. The van der Waals surface area contributed by atoms with E-state index in [4.69, 9.17) is 4.74 Å². The van der Waals surface area contributed by atoms with Gasteiger partial charge in [0.2, 0.25) is 5.91 Å². The fourth-order valence-electron chi connectivity index (χ4n) is 3.61. The number of nitrogens with one attached hydrogen (secondary N) is 1.